The molecule has 0 aromatic carbocycles. The molecule has 3 N–H and O–H groups in total. The van der Waals surface area contributed by atoms with Gasteiger partial charge in [0.2, 0.25) is 5.95 Å². The fourth-order valence-electron chi connectivity index (χ4n) is 3.64. The van der Waals surface area contributed by atoms with Crippen LogP contribution in [0, 0.1) is 11.3 Å². The Morgan fingerprint density at radius 2 is 1.97 bits per heavy atom. The molecule has 2 aromatic heterocycles. The van der Waals surface area contributed by atoms with Crippen LogP contribution in [0.15, 0.2) is 18.3 Å². The number of nitriles is 1. The Hall–Kier alpha value is -3.00. The van der Waals surface area contributed by atoms with Crippen molar-refractivity contribution in [2.75, 3.05) is 68.1 Å². The minimum atomic E-state index is -0.0538. The highest BCUT2D eigenvalue weighted by Crippen LogP contribution is 2.29. The van der Waals surface area contributed by atoms with Gasteiger partial charge in [-0.1, -0.05) is 0 Å². The number of aromatic nitrogens is 3. The van der Waals surface area contributed by atoms with E-state index in [-0.39, 0.29) is 18.5 Å². The van der Waals surface area contributed by atoms with Crippen molar-refractivity contribution in [3.8, 4) is 17.3 Å². The Morgan fingerprint density at radius 1 is 1.17 bits per heavy atom. The molecule has 0 bridgehead atoms. The number of nitrogens with two attached hydrogens (primary N) is 1. The zero-order valence-corrected chi connectivity index (χ0v) is 16.7. The van der Waals surface area contributed by atoms with E-state index < -0.39 is 0 Å². The van der Waals surface area contributed by atoms with Gasteiger partial charge in [0.1, 0.15) is 17.7 Å². The fourth-order valence-corrected chi connectivity index (χ4v) is 3.64. The number of aliphatic hydroxyl groups excluding tert-OH is 1. The largest absolute Gasteiger partial charge is 0.396 e. The van der Waals surface area contributed by atoms with E-state index in [1.165, 1.54) is 0 Å². The van der Waals surface area contributed by atoms with Crippen LogP contribution in [0.4, 0.5) is 17.6 Å². The zero-order chi connectivity index (χ0) is 20.9. The van der Waals surface area contributed by atoms with Crippen molar-refractivity contribution < 1.29 is 14.6 Å². The maximum Gasteiger partial charge on any atom is 0.228 e. The molecule has 2 aliphatic rings. The zero-order valence-electron chi connectivity index (χ0n) is 16.7. The molecule has 2 aromatic rings. The lowest BCUT2D eigenvalue weighted by molar-refractivity contribution is 0.0244. The maximum absolute atomic E-state index is 9.58. The summed E-state index contributed by atoms with van der Waals surface area (Å²) in [6.07, 6.45) is 2.10. The number of rotatable bonds is 5. The quantitative estimate of drug-likeness (QED) is 0.713. The first kappa shape index (κ1) is 20.3. The summed E-state index contributed by atoms with van der Waals surface area (Å²) in [5, 5.41) is 18.9. The monoisotopic (exact) mass is 411 g/mol. The number of anilines is 3. The average Bonchev–Trinajstić information content (AvgIpc) is 2.79. The topological polar surface area (TPSA) is 134 Å². The standard InChI is InChI=1S/C20H25N7O3/c21-11-14-9-18(22)23-12-16(14)17-10-19(27-4-8-30-15(13-27)1-5-28)25-20(24-17)26-2-6-29-7-3-26/h9-10,12,15,28H,1-8,13H2,(H2,22,23). The van der Waals surface area contributed by atoms with E-state index in [1.54, 1.807) is 12.3 Å². The molecule has 0 amide bonds. The van der Waals surface area contributed by atoms with Crippen molar-refractivity contribution in [2.45, 2.75) is 12.5 Å². The van der Waals surface area contributed by atoms with Crippen LogP contribution in [0.1, 0.15) is 12.0 Å². The lowest BCUT2D eigenvalue weighted by atomic mass is 10.1. The second-order valence-corrected chi connectivity index (χ2v) is 7.23. The van der Waals surface area contributed by atoms with Crippen molar-refractivity contribution in [3.05, 3.63) is 23.9 Å². The van der Waals surface area contributed by atoms with E-state index in [2.05, 4.69) is 20.9 Å². The minimum Gasteiger partial charge on any atom is -0.396 e. The van der Waals surface area contributed by atoms with Crippen LogP contribution in [-0.4, -0.2) is 78.8 Å². The Balaban J connectivity index is 1.74. The highest BCUT2D eigenvalue weighted by Gasteiger charge is 2.24. The maximum atomic E-state index is 9.58. The van der Waals surface area contributed by atoms with Gasteiger partial charge in [-0.05, 0) is 12.5 Å². The molecule has 0 spiro atoms. The number of ether oxygens (including phenoxy) is 2. The first-order valence-electron chi connectivity index (χ1n) is 10.0. The molecule has 30 heavy (non-hydrogen) atoms. The third kappa shape index (κ3) is 4.43. The summed E-state index contributed by atoms with van der Waals surface area (Å²) in [6, 6.07) is 5.61. The lowest BCUT2D eigenvalue weighted by Gasteiger charge is -2.34. The summed E-state index contributed by atoms with van der Waals surface area (Å²) in [7, 11) is 0. The van der Waals surface area contributed by atoms with Crippen molar-refractivity contribution in [1.29, 1.82) is 5.26 Å². The van der Waals surface area contributed by atoms with Crippen LogP contribution in [-0.2, 0) is 9.47 Å². The molecule has 2 fully saturated rings. The number of nitrogens with zero attached hydrogens (tertiary/aromatic N) is 6. The molecule has 4 heterocycles. The summed E-state index contributed by atoms with van der Waals surface area (Å²) in [5.74, 6) is 1.64. The molecule has 2 aliphatic heterocycles. The van der Waals surface area contributed by atoms with Gasteiger partial charge < -0.3 is 30.1 Å². The average molecular weight is 411 g/mol. The Labute approximate surface area is 174 Å². The molecule has 1 atom stereocenters. The molecule has 0 radical (unpaired) electrons. The molecule has 0 saturated carbocycles. The van der Waals surface area contributed by atoms with Gasteiger partial charge in [0.15, 0.2) is 0 Å². The van der Waals surface area contributed by atoms with Crippen molar-refractivity contribution in [2.24, 2.45) is 0 Å². The molecular formula is C20H25N7O3. The van der Waals surface area contributed by atoms with Gasteiger partial charge in [-0.2, -0.15) is 10.2 Å². The van der Waals surface area contributed by atoms with Gasteiger partial charge >= 0.3 is 0 Å². The van der Waals surface area contributed by atoms with Crippen molar-refractivity contribution in [3.63, 3.8) is 0 Å². The number of aliphatic hydroxyl groups is 1. The normalized spacial score (nSPS) is 19.5. The van der Waals surface area contributed by atoms with Crippen molar-refractivity contribution in [1.82, 2.24) is 15.0 Å². The molecule has 158 valence electrons. The number of hydrogen-bond donors (Lipinski definition) is 2. The second kappa shape index (κ2) is 9.21. The van der Waals surface area contributed by atoms with Crippen LogP contribution >= 0.6 is 0 Å². The minimum absolute atomic E-state index is 0.0538. The van der Waals surface area contributed by atoms with Gasteiger partial charge in [-0.25, -0.2) is 9.97 Å². The highest BCUT2D eigenvalue weighted by molar-refractivity contribution is 5.71. The third-order valence-corrected chi connectivity index (χ3v) is 5.23. The molecular weight excluding hydrogens is 386 g/mol. The van der Waals surface area contributed by atoms with E-state index in [0.29, 0.717) is 75.2 Å². The summed E-state index contributed by atoms with van der Waals surface area (Å²) >= 11 is 0. The summed E-state index contributed by atoms with van der Waals surface area (Å²) in [4.78, 5) is 17.9. The Kier molecular flexibility index (Phi) is 6.23. The first-order valence-corrected chi connectivity index (χ1v) is 10.0. The van der Waals surface area contributed by atoms with E-state index in [4.69, 9.17) is 25.2 Å². The SMILES string of the molecule is N#Cc1cc(N)ncc1-c1cc(N2CCOC(CCO)C2)nc(N2CCOCC2)n1. The summed E-state index contributed by atoms with van der Waals surface area (Å²) in [6.45, 7) is 4.59. The lowest BCUT2D eigenvalue weighted by Crippen LogP contribution is -2.43. The highest BCUT2D eigenvalue weighted by atomic mass is 16.5. The van der Waals surface area contributed by atoms with E-state index in [0.717, 1.165) is 5.82 Å². The number of hydrogen-bond acceptors (Lipinski definition) is 10. The van der Waals surface area contributed by atoms with Gasteiger partial charge in [0, 0.05) is 50.6 Å². The number of pyridine rings is 1. The van der Waals surface area contributed by atoms with E-state index in [1.807, 2.05) is 6.07 Å². The van der Waals surface area contributed by atoms with Crippen LogP contribution in [0.25, 0.3) is 11.3 Å². The predicted molar refractivity (Wildman–Crippen MR) is 111 cm³/mol. The van der Waals surface area contributed by atoms with Gasteiger partial charge in [0.05, 0.1) is 37.2 Å². The smallest absolute Gasteiger partial charge is 0.228 e. The molecule has 4 rings (SSSR count). The molecule has 0 aliphatic carbocycles. The van der Waals surface area contributed by atoms with Gasteiger partial charge in [0.25, 0.3) is 0 Å². The summed E-state index contributed by atoms with van der Waals surface area (Å²) in [5.41, 5.74) is 7.41. The summed E-state index contributed by atoms with van der Waals surface area (Å²) < 4.78 is 11.2. The van der Waals surface area contributed by atoms with Crippen LogP contribution in [0.3, 0.4) is 0 Å². The van der Waals surface area contributed by atoms with E-state index in [9.17, 15) is 10.4 Å². The Morgan fingerprint density at radius 3 is 2.73 bits per heavy atom. The van der Waals surface area contributed by atoms with Crippen LogP contribution < -0.4 is 15.5 Å². The van der Waals surface area contributed by atoms with Crippen molar-refractivity contribution >= 4 is 17.6 Å². The second-order valence-electron chi connectivity index (χ2n) is 7.23. The molecule has 1 unspecified atom stereocenters. The fraction of sp³-hybridized carbons (Fsp3) is 0.500. The van der Waals surface area contributed by atoms with Gasteiger partial charge in [-0.3, -0.25) is 0 Å². The first-order chi connectivity index (χ1) is 14.7. The third-order valence-electron chi connectivity index (χ3n) is 5.23. The van der Waals surface area contributed by atoms with Crippen LogP contribution in [0.2, 0.25) is 0 Å². The molecule has 10 nitrogen and oxygen atoms in total. The predicted octanol–water partition coefficient (Wildman–Crippen LogP) is 0.417. The van der Waals surface area contributed by atoms with Gasteiger partial charge in [-0.15, -0.1) is 0 Å². The van der Waals surface area contributed by atoms with Crippen LogP contribution in [0.5, 0.6) is 0 Å². The number of morpholine rings is 2. The number of nitrogen functional groups attached to an aromatic ring is 1. The Bertz CT molecular complexity index is 925. The molecule has 10 heteroatoms. The van der Waals surface area contributed by atoms with E-state index >= 15 is 0 Å². The molecule has 2 saturated heterocycles.